The van der Waals surface area contributed by atoms with Crippen LogP contribution in [0.4, 0.5) is 0 Å². The molecule has 0 atom stereocenters. The molecule has 0 unspecified atom stereocenters. The van der Waals surface area contributed by atoms with Gasteiger partial charge in [0.05, 0.1) is 12.2 Å². The number of benzene rings is 1. The Balaban J connectivity index is 2.91. The molecule has 0 heterocycles. The van der Waals surface area contributed by atoms with Gasteiger partial charge in [0, 0.05) is 18.0 Å². The Labute approximate surface area is 109 Å². The van der Waals surface area contributed by atoms with Crippen molar-refractivity contribution < 1.29 is 19.0 Å². The molecule has 1 aromatic rings. The first-order chi connectivity index (χ1) is 8.22. The van der Waals surface area contributed by atoms with E-state index in [9.17, 15) is 4.79 Å². The highest BCUT2D eigenvalue weighted by Gasteiger charge is 2.10. The summed E-state index contributed by atoms with van der Waals surface area (Å²) >= 11 is 3.36. The number of halogens is 1. The molecule has 94 valence electrons. The van der Waals surface area contributed by atoms with Crippen LogP contribution in [-0.4, -0.2) is 26.5 Å². The van der Waals surface area contributed by atoms with Crippen molar-refractivity contribution in [3.63, 3.8) is 0 Å². The van der Waals surface area contributed by atoms with Gasteiger partial charge in [-0.3, -0.25) is 0 Å². The summed E-state index contributed by atoms with van der Waals surface area (Å²) in [5.74, 6) is 0.269. The van der Waals surface area contributed by atoms with Crippen molar-refractivity contribution in [1.29, 1.82) is 0 Å². The van der Waals surface area contributed by atoms with Crippen LogP contribution in [0.2, 0.25) is 0 Å². The van der Waals surface area contributed by atoms with Crippen molar-refractivity contribution in [3.8, 4) is 5.75 Å². The van der Waals surface area contributed by atoms with Crippen molar-refractivity contribution in [3.05, 3.63) is 29.3 Å². The van der Waals surface area contributed by atoms with Gasteiger partial charge in [-0.15, -0.1) is 0 Å². The van der Waals surface area contributed by atoms with Gasteiger partial charge in [-0.1, -0.05) is 22.0 Å². The molecule has 0 spiro atoms. The number of hydrogen-bond acceptors (Lipinski definition) is 4. The monoisotopic (exact) mass is 302 g/mol. The maximum atomic E-state index is 11.5. The van der Waals surface area contributed by atoms with Crippen LogP contribution in [0.3, 0.4) is 0 Å². The van der Waals surface area contributed by atoms with Gasteiger partial charge >= 0.3 is 5.97 Å². The number of carbonyl (C=O) groups is 1. The number of hydrogen-bond donors (Lipinski definition) is 0. The molecule has 0 aliphatic rings. The van der Waals surface area contributed by atoms with Gasteiger partial charge < -0.3 is 14.2 Å². The van der Waals surface area contributed by atoms with Crippen molar-refractivity contribution in [2.75, 3.05) is 20.5 Å². The second kappa shape index (κ2) is 7.29. The highest BCUT2D eigenvalue weighted by molar-refractivity contribution is 9.08. The molecule has 1 rings (SSSR count). The summed E-state index contributed by atoms with van der Waals surface area (Å²) in [6.45, 7) is 2.27. The zero-order valence-electron chi connectivity index (χ0n) is 9.86. The molecule has 0 aromatic heterocycles. The molecular formula is C12H15BrO4. The molecule has 0 bridgehead atoms. The van der Waals surface area contributed by atoms with E-state index in [0.29, 0.717) is 23.2 Å². The minimum absolute atomic E-state index is 0.145. The molecule has 1 aromatic carbocycles. The Morgan fingerprint density at radius 3 is 2.76 bits per heavy atom. The van der Waals surface area contributed by atoms with E-state index in [1.165, 1.54) is 0 Å². The third-order valence-corrected chi connectivity index (χ3v) is 2.66. The van der Waals surface area contributed by atoms with Gasteiger partial charge in [-0.2, -0.15) is 0 Å². The van der Waals surface area contributed by atoms with E-state index in [1.807, 2.05) is 6.07 Å². The lowest BCUT2D eigenvalue weighted by Gasteiger charge is -2.10. The van der Waals surface area contributed by atoms with Crippen LogP contribution in [0, 0.1) is 0 Å². The number of alkyl halides is 1. The zero-order valence-corrected chi connectivity index (χ0v) is 11.5. The summed E-state index contributed by atoms with van der Waals surface area (Å²) in [6, 6.07) is 5.20. The predicted octanol–water partition coefficient (Wildman–Crippen LogP) is 2.74. The highest BCUT2D eigenvalue weighted by Crippen LogP contribution is 2.23. The fraction of sp³-hybridized carbons (Fsp3) is 0.417. The smallest absolute Gasteiger partial charge is 0.338 e. The molecule has 0 radical (unpaired) electrons. The Morgan fingerprint density at radius 2 is 2.18 bits per heavy atom. The highest BCUT2D eigenvalue weighted by atomic mass is 79.9. The summed E-state index contributed by atoms with van der Waals surface area (Å²) in [5.41, 5.74) is 1.43. The van der Waals surface area contributed by atoms with Crippen LogP contribution in [0.1, 0.15) is 22.8 Å². The summed E-state index contributed by atoms with van der Waals surface area (Å²) in [6.07, 6.45) is 0. The quantitative estimate of drug-likeness (QED) is 0.460. The fourth-order valence-electron chi connectivity index (χ4n) is 1.26. The number of esters is 1. The van der Waals surface area contributed by atoms with E-state index >= 15 is 0 Å². The van der Waals surface area contributed by atoms with E-state index in [0.717, 1.165) is 5.56 Å². The lowest BCUT2D eigenvalue weighted by molar-refractivity contribution is 0.0486. The van der Waals surface area contributed by atoms with Crippen LogP contribution < -0.4 is 4.74 Å². The van der Waals surface area contributed by atoms with Crippen molar-refractivity contribution in [2.45, 2.75) is 12.3 Å². The lowest BCUT2D eigenvalue weighted by atomic mass is 10.1. The molecule has 0 aliphatic carbocycles. The second-order valence-corrected chi connectivity index (χ2v) is 3.79. The molecule has 0 saturated heterocycles. The van der Waals surface area contributed by atoms with Gasteiger partial charge in [-0.05, 0) is 19.1 Å². The Hall–Kier alpha value is -1.07. The zero-order chi connectivity index (χ0) is 12.7. The van der Waals surface area contributed by atoms with E-state index in [1.54, 1.807) is 26.2 Å². The van der Waals surface area contributed by atoms with E-state index in [4.69, 9.17) is 14.2 Å². The van der Waals surface area contributed by atoms with Gasteiger partial charge in [0.15, 0.2) is 6.79 Å². The van der Waals surface area contributed by atoms with Gasteiger partial charge in [0.25, 0.3) is 0 Å². The minimum atomic E-state index is -0.351. The first-order valence-corrected chi connectivity index (χ1v) is 6.32. The van der Waals surface area contributed by atoms with Crippen LogP contribution >= 0.6 is 15.9 Å². The van der Waals surface area contributed by atoms with Crippen LogP contribution in [0.25, 0.3) is 0 Å². The van der Waals surface area contributed by atoms with Crippen molar-refractivity contribution in [2.24, 2.45) is 0 Å². The van der Waals surface area contributed by atoms with Crippen LogP contribution in [0.15, 0.2) is 18.2 Å². The summed E-state index contributed by atoms with van der Waals surface area (Å²) in [5, 5.41) is 0.648. The molecule has 0 fully saturated rings. The van der Waals surface area contributed by atoms with E-state index < -0.39 is 0 Å². The second-order valence-electron chi connectivity index (χ2n) is 3.23. The molecule has 4 nitrogen and oxygen atoms in total. The largest absolute Gasteiger partial charge is 0.467 e. The third kappa shape index (κ3) is 4.02. The van der Waals surface area contributed by atoms with Gasteiger partial charge in [0.1, 0.15) is 5.75 Å². The lowest BCUT2D eigenvalue weighted by Crippen LogP contribution is -2.07. The van der Waals surface area contributed by atoms with Crippen molar-refractivity contribution >= 4 is 21.9 Å². The topological polar surface area (TPSA) is 44.8 Å². The molecule has 0 aliphatic heterocycles. The Bertz CT molecular complexity index is 379. The number of ether oxygens (including phenoxy) is 3. The summed E-state index contributed by atoms with van der Waals surface area (Å²) in [4.78, 5) is 11.5. The Kier molecular flexibility index (Phi) is 6.00. The molecule has 0 saturated carbocycles. The molecule has 0 amide bonds. The van der Waals surface area contributed by atoms with Crippen molar-refractivity contribution in [1.82, 2.24) is 0 Å². The first-order valence-electron chi connectivity index (χ1n) is 5.20. The van der Waals surface area contributed by atoms with E-state index in [2.05, 4.69) is 15.9 Å². The number of rotatable bonds is 6. The summed E-state index contributed by atoms with van der Waals surface area (Å²) < 4.78 is 15.1. The molecular weight excluding hydrogens is 288 g/mol. The minimum Gasteiger partial charge on any atom is -0.467 e. The average molecular weight is 303 g/mol. The van der Waals surface area contributed by atoms with E-state index in [-0.39, 0.29) is 12.8 Å². The van der Waals surface area contributed by atoms with Crippen LogP contribution in [-0.2, 0) is 14.8 Å². The maximum absolute atomic E-state index is 11.5. The van der Waals surface area contributed by atoms with Crippen LogP contribution in [0.5, 0.6) is 5.75 Å². The predicted molar refractivity (Wildman–Crippen MR) is 67.5 cm³/mol. The summed E-state index contributed by atoms with van der Waals surface area (Å²) in [7, 11) is 1.54. The average Bonchev–Trinajstić information content (AvgIpc) is 2.36. The fourth-order valence-corrected chi connectivity index (χ4v) is 1.73. The Morgan fingerprint density at radius 1 is 1.41 bits per heavy atom. The first kappa shape index (κ1) is 14.0. The normalized spacial score (nSPS) is 10.1. The number of methoxy groups -OCH3 is 1. The number of carbonyl (C=O) groups excluding carboxylic acids is 1. The SMILES string of the molecule is CCOC(=O)c1ccc(CBr)c(OCOC)c1. The molecule has 17 heavy (non-hydrogen) atoms. The third-order valence-electron chi connectivity index (χ3n) is 2.05. The maximum Gasteiger partial charge on any atom is 0.338 e. The standard InChI is InChI=1S/C12H15BrO4/c1-3-16-12(14)9-4-5-10(7-13)11(6-9)17-8-15-2/h4-6H,3,7-8H2,1-2H3. The molecule has 5 heteroatoms. The van der Waals surface area contributed by atoms with Gasteiger partial charge in [-0.25, -0.2) is 4.79 Å². The van der Waals surface area contributed by atoms with Gasteiger partial charge in [0.2, 0.25) is 0 Å². The molecule has 0 N–H and O–H groups in total.